The molecule has 2 N–H and O–H groups in total. The summed E-state index contributed by atoms with van der Waals surface area (Å²) in [6, 6.07) is -0.327. The van der Waals surface area contributed by atoms with Crippen molar-refractivity contribution in [1.82, 2.24) is 20.4 Å². The summed E-state index contributed by atoms with van der Waals surface area (Å²) in [6.07, 6.45) is 3.89. The van der Waals surface area contributed by atoms with Crippen LogP contribution in [0, 0.1) is 0 Å². The average molecular weight is 366 g/mol. The Morgan fingerprint density at radius 1 is 1.27 bits per heavy atom. The minimum atomic E-state index is -0.703. The van der Waals surface area contributed by atoms with Crippen LogP contribution in [0.1, 0.15) is 59.3 Å². The van der Waals surface area contributed by atoms with Crippen LogP contribution in [-0.2, 0) is 14.4 Å². The van der Waals surface area contributed by atoms with Crippen LogP contribution in [0.25, 0.3) is 0 Å². The molecule has 8 nitrogen and oxygen atoms in total. The Morgan fingerprint density at radius 2 is 1.92 bits per heavy atom. The molecule has 0 radical (unpaired) electrons. The molecule has 0 atom stereocenters. The lowest BCUT2D eigenvalue weighted by Gasteiger charge is -2.22. The third-order valence-electron chi connectivity index (χ3n) is 4.99. The van der Waals surface area contributed by atoms with Crippen molar-refractivity contribution in [3.63, 3.8) is 0 Å². The third kappa shape index (κ3) is 4.53. The third-order valence-corrected chi connectivity index (χ3v) is 4.99. The monoisotopic (exact) mass is 366 g/mol. The summed E-state index contributed by atoms with van der Waals surface area (Å²) < 4.78 is 0. The quantitative estimate of drug-likeness (QED) is 0.626. The lowest BCUT2D eigenvalue weighted by Crippen LogP contribution is -2.44. The zero-order chi connectivity index (χ0) is 19.3. The number of carbonyl (C=O) groups is 4. The molecule has 1 aliphatic carbocycles. The van der Waals surface area contributed by atoms with Crippen LogP contribution in [0.2, 0.25) is 0 Å². The van der Waals surface area contributed by atoms with Crippen molar-refractivity contribution in [1.29, 1.82) is 0 Å². The molecule has 1 spiro atoms. The van der Waals surface area contributed by atoms with Crippen molar-refractivity contribution in [2.75, 3.05) is 19.6 Å². The van der Waals surface area contributed by atoms with Crippen LogP contribution < -0.4 is 10.6 Å². The number of carbonyl (C=O) groups excluding carboxylic acids is 4. The van der Waals surface area contributed by atoms with E-state index in [-0.39, 0.29) is 49.3 Å². The highest BCUT2D eigenvalue weighted by atomic mass is 16.2. The van der Waals surface area contributed by atoms with Gasteiger partial charge in [-0.25, -0.2) is 4.79 Å². The molecule has 0 unspecified atom stereocenters. The van der Waals surface area contributed by atoms with Crippen molar-refractivity contribution >= 4 is 23.8 Å². The minimum Gasteiger partial charge on any atom is -0.352 e. The van der Waals surface area contributed by atoms with Gasteiger partial charge in [0.1, 0.15) is 5.54 Å². The van der Waals surface area contributed by atoms with Crippen molar-refractivity contribution < 1.29 is 19.2 Å². The maximum Gasteiger partial charge on any atom is 0.325 e. The van der Waals surface area contributed by atoms with E-state index in [0.717, 1.165) is 12.8 Å². The second-order valence-electron chi connectivity index (χ2n) is 7.41. The van der Waals surface area contributed by atoms with E-state index in [1.807, 2.05) is 20.8 Å². The van der Waals surface area contributed by atoms with Crippen LogP contribution in [0.15, 0.2) is 0 Å². The van der Waals surface area contributed by atoms with Crippen molar-refractivity contribution in [3.8, 4) is 0 Å². The van der Waals surface area contributed by atoms with E-state index >= 15 is 0 Å². The molecular formula is C18H30N4O4. The van der Waals surface area contributed by atoms with Crippen molar-refractivity contribution in [3.05, 3.63) is 0 Å². The van der Waals surface area contributed by atoms with E-state index in [2.05, 4.69) is 10.6 Å². The number of urea groups is 1. The molecule has 26 heavy (non-hydrogen) atoms. The second-order valence-corrected chi connectivity index (χ2v) is 7.41. The Balaban J connectivity index is 1.80. The van der Waals surface area contributed by atoms with E-state index < -0.39 is 5.54 Å². The normalized spacial score (nSPS) is 18.5. The summed E-state index contributed by atoms with van der Waals surface area (Å²) in [6.45, 7) is 6.25. The van der Waals surface area contributed by atoms with Gasteiger partial charge in [0, 0.05) is 25.6 Å². The molecule has 8 heteroatoms. The highest BCUT2D eigenvalue weighted by Gasteiger charge is 2.52. The first kappa shape index (κ1) is 20.2. The Kier molecular flexibility index (Phi) is 6.61. The fourth-order valence-electron chi connectivity index (χ4n) is 3.66. The lowest BCUT2D eigenvalue weighted by atomic mass is 9.98. The predicted molar refractivity (Wildman–Crippen MR) is 96.2 cm³/mol. The van der Waals surface area contributed by atoms with E-state index in [4.69, 9.17) is 0 Å². The van der Waals surface area contributed by atoms with Crippen LogP contribution in [-0.4, -0.2) is 64.8 Å². The first-order valence-corrected chi connectivity index (χ1v) is 9.50. The number of rotatable bonds is 8. The Morgan fingerprint density at radius 3 is 2.50 bits per heavy atom. The second kappa shape index (κ2) is 8.51. The average Bonchev–Trinajstić information content (AvgIpc) is 3.12. The molecule has 0 aromatic rings. The number of imide groups is 1. The van der Waals surface area contributed by atoms with Gasteiger partial charge >= 0.3 is 6.03 Å². The fraction of sp³-hybridized carbons (Fsp3) is 0.778. The zero-order valence-electron chi connectivity index (χ0n) is 16.0. The number of nitrogens with one attached hydrogen (secondary N) is 2. The molecule has 146 valence electrons. The number of likely N-dealkylation sites (N-methyl/N-ethyl adjacent to an activating group) is 1. The number of hydrogen-bond acceptors (Lipinski definition) is 4. The molecular weight excluding hydrogens is 336 g/mol. The first-order chi connectivity index (χ1) is 12.3. The molecule has 1 saturated carbocycles. The van der Waals surface area contributed by atoms with Gasteiger partial charge in [-0.15, -0.1) is 0 Å². The molecule has 2 aliphatic rings. The fourth-order valence-corrected chi connectivity index (χ4v) is 3.66. The van der Waals surface area contributed by atoms with Gasteiger partial charge in [0.25, 0.3) is 5.91 Å². The summed E-state index contributed by atoms with van der Waals surface area (Å²) in [5, 5.41) is 5.60. The van der Waals surface area contributed by atoms with Gasteiger partial charge in [-0.1, -0.05) is 12.8 Å². The Bertz CT molecular complexity index is 570. The van der Waals surface area contributed by atoms with Gasteiger partial charge in [-0.05, 0) is 40.0 Å². The van der Waals surface area contributed by atoms with E-state index in [9.17, 15) is 19.2 Å². The predicted octanol–water partition coefficient (Wildman–Crippen LogP) is 1.00. The van der Waals surface area contributed by atoms with Gasteiger partial charge in [0.2, 0.25) is 11.8 Å². The van der Waals surface area contributed by atoms with E-state index in [1.54, 1.807) is 0 Å². The summed E-state index contributed by atoms with van der Waals surface area (Å²) in [7, 11) is 0. The minimum absolute atomic E-state index is 0.0268. The topological polar surface area (TPSA) is 98.8 Å². The largest absolute Gasteiger partial charge is 0.352 e. The number of amides is 5. The molecule has 2 fully saturated rings. The standard InChI is InChI=1S/C18H30N4O4/c1-4-21(12-14(23)19-13(2)3)15(24)8-7-11-22-16(25)18(20-17(22)26)9-5-6-10-18/h13H,4-12H2,1-3H3,(H,19,23)(H,20,26). The summed E-state index contributed by atoms with van der Waals surface area (Å²) in [5.41, 5.74) is -0.703. The van der Waals surface area contributed by atoms with Gasteiger partial charge in [-0.2, -0.15) is 0 Å². The molecule has 0 aromatic heterocycles. The number of hydrogen-bond donors (Lipinski definition) is 2. The molecule has 5 amide bonds. The maximum atomic E-state index is 12.5. The van der Waals surface area contributed by atoms with Gasteiger partial charge in [0.05, 0.1) is 6.54 Å². The molecule has 1 aliphatic heterocycles. The van der Waals surface area contributed by atoms with Crippen LogP contribution in [0.5, 0.6) is 0 Å². The van der Waals surface area contributed by atoms with Gasteiger partial charge in [-0.3, -0.25) is 19.3 Å². The molecule has 0 bridgehead atoms. The van der Waals surface area contributed by atoms with Crippen LogP contribution in [0.4, 0.5) is 4.79 Å². The van der Waals surface area contributed by atoms with Gasteiger partial charge in [0.15, 0.2) is 0 Å². The van der Waals surface area contributed by atoms with Crippen LogP contribution >= 0.6 is 0 Å². The SMILES string of the molecule is CCN(CC(=O)NC(C)C)C(=O)CCCN1C(=O)NC2(CCCC2)C1=O. The smallest absolute Gasteiger partial charge is 0.325 e. The summed E-state index contributed by atoms with van der Waals surface area (Å²) in [5.74, 6) is -0.488. The molecule has 1 saturated heterocycles. The molecule has 1 heterocycles. The molecule has 0 aromatic carbocycles. The maximum absolute atomic E-state index is 12.5. The van der Waals surface area contributed by atoms with Crippen molar-refractivity contribution in [2.24, 2.45) is 0 Å². The zero-order valence-corrected chi connectivity index (χ0v) is 16.0. The highest BCUT2D eigenvalue weighted by molar-refractivity contribution is 6.07. The van der Waals surface area contributed by atoms with Gasteiger partial charge < -0.3 is 15.5 Å². The van der Waals surface area contributed by atoms with E-state index in [1.165, 1.54) is 9.80 Å². The first-order valence-electron chi connectivity index (χ1n) is 9.50. The summed E-state index contributed by atoms with van der Waals surface area (Å²) in [4.78, 5) is 51.5. The molecule has 2 rings (SSSR count). The lowest BCUT2D eigenvalue weighted by molar-refractivity contribution is -0.136. The van der Waals surface area contributed by atoms with E-state index in [0.29, 0.717) is 25.8 Å². The van der Waals surface area contributed by atoms with Crippen LogP contribution in [0.3, 0.4) is 0 Å². The summed E-state index contributed by atoms with van der Waals surface area (Å²) >= 11 is 0. The Hall–Kier alpha value is -2.12. The highest BCUT2D eigenvalue weighted by Crippen LogP contribution is 2.35. The number of nitrogens with zero attached hydrogens (tertiary/aromatic N) is 2. The van der Waals surface area contributed by atoms with Crippen molar-refractivity contribution in [2.45, 2.75) is 70.9 Å². The Labute approximate surface area is 154 Å².